The van der Waals surface area contributed by atoms with Crippen molar-refractivity contribution in [3.05, 3.63) is 46.7 Å². The van der Waals surface area contributed by atoms with Crippen LogP contribution in [0.4, 0.5) is 0 Å². The van der Waals surface area contributed by atoms with E-state index in [0.717, 1.165) is 17.9 Å². The number of nitrogens with one attached hydrogen (secondary N) is 2. The highest BCUT2D eigenvalue weighted by Crippen LogP contribution is 2.19. The van der Waals surface area contributed by atoms with Crippen LogP contribution in [0.15, 0.2) is 30.5 Å². The number of carbonyl (C=O) groups excluding carboxylic acids is 1. The molecule has 0 atom stereocenters. The first-order chi connectivity index (χ1) is 11.7. The number of halogens is 1. The second kappa shape index (κ2) is 9.42. The Hall–Kier alpha value is -1.89. The van der Waals surface area contributed by atoms with Crippen LogP contribution < -0.4 is 10.6 Å². The lowest BCUT2D eigenvalue weighted by molar-refractivity contribution is 0.0952. The van der Waals surface area contributed by atoms with E-state index >= 15 is 0 Å². The van der Waals surface area contributed by atoms with E-state index in [4.69, 9.17) is 16.3 Å². The molecule has 7 heteroatoms. The van der Waals surface area contributed by atoms with Gasteiger partial charge in [0.05, 0.1) is 29.7 Å². The van der Waals surface area contributed by atoms with Crippen molar-refractivity contribution < 1.29 is 9.53 Å². The third-order valence-electron chi connectivity index (χ3n) is 3.57. The molecule has 0 fully saturated rings. The van der Waals surface area contributed by atoms with Crippen molar-refractivity contribution in [1.29, 1.82) is 0 Å². The highest BCUT2D eigenvalue weighted by atomic mass is 35.5. The molecule has 2 rings (SSSR count). The molecule has 0 spiro atoms. The number of amides is 1. The number of benzene rings is 1. The van der Waals surface area contributed by atoms with Gasteiger partial charge in [-0.15, -0.1) is 0 Å². The Morgan fingerprint density at radius 3 is 2.88 bits per heavy atom. The summed E-state index contributed by atoms with van der Waals surface area (Å²) in [6, 6.07) is 7.42. The Morgan fingerprint density at radius 1 is 1.33 bits per heavy atom. The fraction of sp³-hybridized carbons (Fsp3) is 0.412. The summed E-state index contributed by atoms with van der Waals surface area (Å²) in [7, 11) is 1.66. The normalized spacial score (nSPS) is 10.8. The molecule has 130 valence electrons. The van der Waals surface area contributed by atoms with Crippen LogP contribution in [-0.4, -0.2) is 49.0 Å². The zero-order valence-electron chi connectivity index (χ0n) is 14.0. The van der Waals surface area contributed by atoms with Gasteiger partial charge in [0, 0.05) is 31.8 Å². The number of methoxy groups -OCH3 is 1. The van der Waals surface area contributed by atoms with Crippen molar-refractivity contribution in [2.24, 2.45) is 0 Å². The lowest BCUT2D eigenvalue weighted by Crippen LogP contribution is -2.33. The molecule has 2 aromatic rings. The number of nitrogens with zero attached hydrogens (tertiary/aromatic N) is 2. The SMILES string of the molecule is CCc1c(C(=O)NCCNCCOC)cnn1-c1cccc(Cl)c1. The lowest BCUT2D eigenvalue weighted by atomic mass is 10.2. The molecule has 0 aliphatic heterocycles. The molecule has 1 aromatic carbocycles. The fourth-order valence-electron chi connectivity index (χ4n) is 2.39. The first-order valence-corrected chi connectivity index (χ1v) is 8.35. The van der Waals surface area contributed by atoms with Crippen molar-refractivity contribution in [3.63, 3.8) is 0 Å². The molecule has 2 N–H and O–H groups in total. The first-order valence-electron chi connectivity index (χ1n) is 7.98. The van der Waals surface area contributed by atoms with Crippen LogP contribution in [0, 0.1) is 0 Å². The highest BCUT2D eigenvalue weighted by Gasteiger charge is 2.16. The van der Waals surface area contributed by atoms with E-state index in [1.54, 1.807) is 18.0 Å². The maximum Gasteiger partial charge on any atom is 0.254 e. The predicted molar refractivity (Wildman–Crippen MR) is 95.0 cm³/mol. The third-order valence-corrected chi connectivity index (χ3v) is 3.81. The van der Waals surface area contributed by atoms with E-state index in [1.165, 1.54) is 0 Å². The quantitative estimate of drug-likeness (QED) is 0.679. The topological polar surface area (TPSA) is 68.2 Å². The molecule has 0 aliphatic carbocycles. The van der Waals surface area contributed by atoms with Crippen molar-refractivity contribution in [1.82, 2.24) is 20.4 Å². The van der Waals surface area contributed by atoms with Gasteiger partial charge < -0.3 is 15.4 Å². The molecule has 1 aromatic heterocycles. The monoisotopic (exact) mass is 350 g/mol. The van der Waals surface area contributed by atoms with Crippen LogP contribution in [0.25, 0.3) is 5.69 Å². The molecular formula is C17H23ClN4O2. The van der Waals surface area contributed by atoms with Gasteiger partial charge in [-0.1, -0.05) is 24.6 Å². The molecule has 0 saturated carbocycles. The van der Waals surface area contributed by atoms with Gasteiger partial charge in [-0.05, 0) is 24.6 Å². The zero-order valence-corrected chi connectivity index (χ0v) is 14.8. The molecular weight excluding hydrogens is 328 g/mol. The molecule has 1 amide bonds. The van der Waals surface area contributed by atoms with Crippen molar-refractivity contribution in [2.75, 3.05) is 33.4 Å². The van der Waals surface area contributed by atoms with E-state index in [-0.39, 0.29) is 5.91 Å². The maximum atomic E-state index is 12.4. The summed E-state index contributed by atoms with van der Waals surface area (Å²) in [4.78, 5) is 12.4. The summed E-state index contributed by atoms with van der Waals surface area (Å²) in [5, 5.41) is 11.1. The lowest BCUT2D eigenvalue weighted by Gasteiger charge is -2.09. The summed E-state index contributed by atoms with van der Waals surface area (Å²) in [5.74, 6) is -0.117. The number of hydrogen-bond acceptors (Lipinski definition) is 4. The maximum absolute atomic E-state index is 12.4. The minimum absolute atomic E-state index is 0.117. The number of carbonyl (C=O) groups is 1. The van der Waals surface area contributed by atoms with Gasteiger partial charge >= 0.3 is 0 Å². The molecule has 0 saturated heterocycles. The van der Waals surface area contributed by atoms with E-state index in [2.05, 4.69) is 15.7 Å². The molecule has 0 aliphatic rings. The van der Waals surface area contributed by atoms with Crippen LogP contribution >= 0.6 is 11.6 Å². The van der Waals surface area contributed by atoms with Gasteiger partial charge in [-0.2, -0.15) is 5.10 Å². The van der Waals surface area contributed by atoms with E-state index in [0.29, 0.717) is 36.7 Å². The largest absolute Gasteiger partial charge is 0.383 e. The molecule has 0 bridgehead atoms. The summed E-state index contributed by atoms with van der Waals surface area (Å²) >= 11 is 6.04. The van der Waals surface area contributed by atoms with Crippen molar-refractivity contribution in [3.8, 4) is 5.69 Å². The van der Waals surface area contributed by atoms with E-state index < -0.39 is 0 Å². The Balaban J connectivity index is 2.02. The molecule has 6 nitrogen and oxygen atoms in total. The van der Waals surface area contributed by atoms with E-state index in [9.17, 15) is 4.79 Å². The van der Waals surface area contributed by atoms with Gasteiger partial charge in [0.15, 0.2) is 0 Å². The average Bonchev–Trinajstić information content (AvgIpc) is 3.02. The number of hydrogen-bond donors (Lipinski definition) is 2. The number of aromatic nitrogens is 2. The molecule has 24 heavy (non-hydrogen) atoms. The van der Waals surface area contributed by atoms with Crippen LogP contribution in [0.5, 0.6) is 0 Å². The Labute approximate surface area is 147 Å². The van der Waals surface area contributed by atoms with Gasteiger partial charge in [0.2, 0.25) is 0 Å². The van der Waals surface area contributed by atoms with Crippen LogP contribution in [-0.2, 0) is 11.2 Å². The Kier molecular flexibility index (Phi) is 7.24. The van der Waals surface area contributed by atoms with E-state index in [1.807, 2.05) is 31.2 Å². The second-order valence-electron chi connectivity index (χ2n) is 5.25. The van der Waals surface area contributed by atoms with Crippen LogP contribution in [0.3, 0.4) is 0 Å². The highest BCUT2D eigenvalue weighted by molar-refractivity contribution is 6.30. The molecule has 0 radical (unpaired) electrons. The van der Waals surface area contributed by atoms with Crippen LogP contribution in [0.2, 0.25) is 5.02 Å². The zero-order chi connectivity index (χ0) is 17.4. The second-order valence-corrected chi connectivity index (χ2v) is 5.69. The Morgan fingerprint density at radius 2 is 2.17 bits per heavy atom. The number of rotatable bonds is 9. The van der Waals surface area contributed by atoms with Gasteiger partial charge in [-0.3, -0.25) is 4.79 Å². The minimum Gasteiger partial charge on any atom is -0.383 e. The summed E-state index contributed by atoms with van der Waals surface area (Å²) < 4.78 is 6.71. The van der Waals surface area contributed by atoms with Crippen LogP contribution in [0.1, 0.15) is 23.0 Å². The predicted octanol–water partition coefficient (Wildman–Crippen LogP) is 2.05. The van der Waals surface area contributed by atoms with Gasteiger partial charge in [-0.25, -0.2) is 4.68 Å². The number of ether oxygens (including phenoxy) is 1. The Bertz CT molecular complexity index is 672. The summed E-state index contributed by atoms with van der Waals surface area (Å²) in [6.07, 6.45) is 2.30. The van der Waals surface area contributed by atoms with Crippen molar-refractivity contribution in [2.45, 2.75) is 13.3 Å². The first kappa shape index (κ1) is 18.4. The minimum atomic E-state index is -0.117. The summed E-state index contributed by atoms with van der Waals surface area (Å²) in [5.41, 5.74) is 2.30. The molecule has 1 heterocycles. The average molecular weight is 351 g/mol. The standard InChI is InChI=1S/C17H23ClN4O2/c1-3-16-15(17(23)20-8-7-19-9-10-24-2)12-21-22(16)14-6-4-5-13(18)11-14/h4-6,11-12,19H,3,7-10H2,1-2H3,(H,20,23). The fourth-order valence-corrected chi connectivity index (χ4v) is 2.58. The summed E-state index contributed by atoms with van der Waals surface area (Å²) in [6.45, 7) is 4.66. The third kappa shape index (κ3) is 4.80. The molecule has 0 unspecified atom stereocenters. The van der Waals surface area contributed by atoms with Gasteiger partial charge in [0.25, 0.3) is 5.91 Å². The van der Waals surface area contributed by atoms with Gasteiger partial charge in [0.1, 0.15) is 0 Å². The smallest absolute Gasteiger partial charge is 0.254 e. The van der Waals surface area contributed by atoms with Crippen molar-refractivity contribution >= 4 is 17.5 Å².